The number of aryl methyl sites for hydroxylation is 3. The lowest BCUT2D eigenvalue weighted by Gasteiger charge is -2.04. The van der Waals surface area contributed by atoms with Crippen molar-refractivity contribution in [1.82, 2.24) is 9.38 Å². The topological polar surface area (TPSA) is 17.3 Å². The van der Waals surface area contributed by atoms with Crippen LogP contribution in [0.5, 0.6) is 0 Å². The number of rotatable bonds is 3. The SMILES string of the molecule is Cc1cc2ccccn2c1CCc1ccncc1. The van der Waals surface area contributed by atoms with E-state index in [1.54, 1.807) is 0 Å². The molecule has 0 radical (unpaired) electrons. The average molecular weight is 236 g/mol. The van der Waals surface area contributed by atoms with Crippen LogP contribution in [0.4, 0.5) is 0 Å². The van der Waals surface area contributed by atoms with Crippen molar-refractivity contribution < 1.29 is 0 Å². The van der Waals surface area contributed by atoms with E-state index in [1.807, 2.05) is 12.4 Å². The van der Waals surface area contributed by atoms with E-state index >= 15 is 0 Å². The molecule has 0 aliphatic carbocycles. The molecular formula is C16H16N2. The van der Waals surface area contributed by atoms with Crippen molar-refractivity contribution in [3.8, 4) is 0 Å². The standard InChI is InChI=1S/C16H16N2/c1-13-12-15-4-2-3-11-18(15)16(13)6-5-14-7-9-17-10-8-14/h2-4,7-12H,5-6H2,1H3. The van der Waals surface area contributed by atoms with E-state index in [0.717, 1.165) is 12.8 Å². The maximum absolute atomic E-state index is 4.05. The summed E-state index contributed by atoms with van der Waals surface area (Å²) in [5, 5.41) is 0. The minimum atomic E-state index is 1.06. The normalized spacial score (nSPS) is 10.9. The zero-order valence-corrected chi connectivity index (χ0v) is 10.5. The first-order chi connectivity index (χ1) is 8.84. The third kappa shape index (κ3) is 2.02. The first-order valence-electron chi connectivity index (χ1n) is 6.29. The fraction of sp³-hybridized carbons (Fsp3) is 0.188. The van der Waals surface area contributed by atoms with Crippen molar-refractivity contribution >= 4 is 5.52 Å². The Kier molecular flexibility index (Phi) is 2.85. The lowest BCUT2D eigenvalue weighted by molar-refractivity contribution is 0.884. The van der Waals surface area contributed by atoms with Crippen LogP contribution in [0.15, 0.2) is 55.0 Å². The fourth-order valence-corrected chi connectivity index (χ4v) is 2.44. The van der Waals surface area contributed by atoms with E-state index in [0.29, 0.717) is 0 Å². The number of fused-ring (bicyclic) bond motifs is 1. The second-order valence-electron chi connectivity index (χ2n) is 4.63. The monoisotopic (exact) mass is 236 g/mol. The number of hydrogen-bond donors (Lipinski definition) is 0. The molecule has 3 aromatic rings. The lowest BCUT2D eigenvalue weighted by atomic mass is 10.1. The Bertz CT molecular complexity index is 653. The molecule has 0 saturated carbocycles. The van der Waals surface area contributed by atoms with Crippen LogP contribution in [0.25, 0.3) is 5.52 Å². The fourth-order valence-electron chi connectivity index (χ4n) is 2.44. The van der Waals surface area contributed by atoms with Gasteiger partial charge in [0.05, 0.1) is 0 Å². The highest BCUT2D eigenvalue weighted by atomic mass is 14.9. The average Bonchev–Trinajstić information content (AvgIpc) is 2.73. The molecule has 0 bridgehead atoms. The molecule has 0 aliphatic heterocycles. The molecule has 0 spiro atoms. The Morgan fingerprint density at radius 1 is 1.06 bits per heavy atom. The second-order valence-corrected chi connectivity index (χ2v) is 4.63. The zero-order valence-electron chi connectivity index (χ0n) is 10.5. The smallest absolute Gasteiger partial charge is 0.0455 e. The van der Waals surface area contributed by atoms with Crippen LogP contribution >= 0.6 is 0 Å². The van der Waals surface area contributed by atoms with Crippen LogP contribution in [-0.4, -0.2) is 9.38 Å². The highest BCUT2D eigenvalue weighted by Crippen LogP contribution is 2.17. The van der Waals surface area contributed by atoms with Gasteiger partial charge in [0, 0.05) is 29.8 Å². The molecule has 3 heterocycles. The van der Waals surface area contributed by atoms with Gasteiger partial charge in [0.25, 0.3) is 0 Å². The summed E-state index contributed by atoms with van der Waals surface area (Å²) in [5.74, 6) is 0. The molecule has 0 unspecified atom stereocenters. The molecule has 0 saturated heterocycles. The molecule has 0 fully saturated rings. The third-order valence-electron chi connectivity index (χ3n) is 3.40. The van der Waals surface area contributed by atoms with Crippen LogP contribution in [0.3, 0.4) is 0 Å². The number of hydrogen-bond acceptors (Lipinski definition) is 1. The predicted molar refractivity (Wildman–Crippen MR) is 73.8 cm³/mol. The summed E-state index contributed by atoms with van der Waals surface area (Å²) in [5.41, 5.74) is 5.40. The van der Waals surface area contributed by atoms with Crippen LogP contribution < -0.4 is 0 Å². The van der Waals surface area contributed by atoms with Gasteiger partial charge in [0.15, 0.2) is 0 Å². The third-order valence-corrected chi connectivity index (χ3v) is 3.40. The van der Waals surface area contributed by atoms with Gasteiger partial charge < -0.3 is 4.40 Å². The van der Waals surface area contributed by atoms with Crippen LogP contribution in [0.1, 0.15) is 16.8 Å². The molecular weight excluding hydrogens is 220 g/mol. The largest absolute Gasteiger partial charge is 0.321 e. The summed E-state index contributed by atoms with van der Waals surface area (Å²) >= 11 is 0. The molecule has 0 aliphatic rings. The van der Waals surface area contributed by atoms with Crippen LogP contribution in [0.2, 0.25) is 0 Å². The lowest BCUT2D eigenvalue weighted by Crippen LogP contribution is -1.97. The number of aromatic nitrogens is 2. The molecule has 2 nitrogen and oxygen atoms in total. The molecule has 0 amide bonds. The summed E-state index contributed by atoms with van der Waals surface area (Å²) in [6.45, 7) is 2.19. The van der Waals surface area contributed by atoms with Gasteiger partial charge in [0.1, 0.15) is 0 Å². The minimum absolute atomic E-state index is 1.06. The van der Waals surface area contributed by atoms with E-state index in [4.69, 9.17) is 0 Å². The maximum Gasteiger partial charge on any atom is 0.0455 e. The van der Waals surface area contributed by atoms with Gasteiger partial charge in [-0.05, 0) is 61.2 Å². The van der Waals surface area contributed by atoms with Crippen molar-refractivity contribution in [3.05, 3.63) is 71.8 Å². The van der Waals surface area contributed by atoms with E-state index in [9.17, 15) is 0 Å². The van der Waals surface area contributed by atoms with Gasteiger partial charge >= 0.3 is 0 Å². The van der Waals surface area contributed by atoms with Crippen molar-refractivity contribution in [1.29, 1.82) is 0 Å². The molecule has 3 aromatic heterocycles. The van der Waals surface area contributed by atoms with E-state index in [-0.39, 0.29) is 0 Å². The van der Waals surface area contributed by atoms with E-state index < -0.39 is 0 Å². The quantitative estimate of drug-likeness (QED) is 0.681. The van der Waals surface area contributed by atoms with Gasteiger partial charge in [-0.25, -0.2) is 0 Å². The van der Waals surface area contributed by atoms with Crippen LogP contribution in [0, 0.1) is 6.92 Å². The minimum Gasteiger partial charge on any atom is -0.321 e. The summed E-state index contributed by atoms with van der Waals surface area (Å²) < 4.78 is 2.29. The molecule has 3 rings (SSSR count). The Morgan fingerprint density at radius 2 is 1.89 bits per heavy atom. The zero-order chi connectivity index (χ0) is 12.4. The molecule has 18 heavy (non-hydrogen) atoms. The Labute approximate surface area is 107 Å². The second kappa shape index (κ2) is 4.65. The van der Waals surface area contributed by atoms with Gasteiger partial charge in [-0.15, -0.1) is 0 Å². The summed E-state index contributed by atoms with van der Waals surface area (Å²) in [6.07, 6.45) is 7.99. The van der Waals surface area contributed by atoms with E-state index in [2.05, 4.69) is 58.9 Å². The maximum atomic E-state index is 4.05. The summed E-state index contributed by atoms with van der Waals surface area (Å²) in [4.78, 5) is 4.05. The van der Waals surface area contributed by atoms with Crippen molar-refractivity contribution in [2.75, 3.05) is 0 Å². The van der Waals surface area contributed by atoms with Crippen LogP contribution in [-0.2, 0) is 12.8 Å². The number of nitrogens with zero attached hydrogens (tertiary/aromatic N) is 2. The molecule has 0 N–H and O–H groups in total. The number of pyridine rings is 2. The van der Waals surface area contributed by atoms with E-state index in [1.165, 1.54) is 22.3 Å². The molecule has 0 atom stereocenters. The first-order valence-corrected chi connectivity index (χ1v) is 6.29. The highest BCUT2D eigenvalue weighted by Gasteiger charge is 2.06. The molecule has 90 valence electrons. The highest BCUT2D eigenvalue weighted by molar-refractivity contribution is 5.53. The van der Waals surface area contributed by atoms with Crippen molar-refractivity contribution in [2.45, 2.75) is 19.8 Å². The Hall–Kier alpha value is -2.09. The molecule has 0 aromatic carbocycles. The van der Waals surface area contributed by atoms with Gasteiger partial charge in [-0.1, -0.05) is 6.07 Å². The Balaban J connectivity index is 1.89. The molecule has 2 heteroatoms. The van der Waals surface area contributed by atoms with Gasteiger partial charge in [-0.2, -0.15) is 0 Å². The summed E-state index contributed by atoms with van der Waals surface area (Å²) in [7, 11) is 0. The Morgan fingerprint density at radius 3 is 2.72 bits per heavy atom. The van der Waals surface area contributed by atoms with Gasteiger partial charge in [0.2, 0.25) is 0 Å². The summed E-state index contributed by atoms with van der Waals surface area (Å²) in [6, 6.07) is 12.8. The predicted octanol–water partition coefficient (Wildman–Crippen LogP) is 3.43. The van der Waals surface area contributed by atoms with Gasteiger partial charge in [-0.3, -0.25) is 4.98 Å². The first kappa shape index (κ1) is 11.0. The van der Waals surface area contributed by atoms with Crippen molar-refractivity contribution in [2.24, 2.45) is 0 Å². The van der Waals surface area contributed by atoms with Crippen molar-refractivity contribution in [3.63, 3.8) is 0 Å².